The minimum Gasteiger partial charge on any atom is -0.343 e. The molecule has 1 fully saturated rings. The van der Waals surface area contributed by atoms with E-state index in [4.69, 9.17) is 17.3 Å². The zero-order valence-corrected chi connectivity index (χ0v) is 12.6. The molecule has 1 saturated heterocycles. The predicted octanol–water partition coefficient (Wildman–Crippen LogP) is 1.33. The first-order chi connectivity index (χ1) is 8.99. The summed E-state index contributed by atoms with van der Waals surface area (Å²) in [7, 11) is 0. The molecular weight excluding hydrogens is 301 g/mol. The number of carbonyl (C=O) groups excluding carboxylic acids is 2. The molecule has 0 spiro atoms. The normalized spacial score (nSPS) is 19.4. The van der Waals surface area contributed by atoms with Crippen LogP contribution in [0.1, 0.15) is 13.3 Å². The fraction of sp³-hybridized carbons (Fsp3) is 0.385. The summed E-state index contributed by atoms with van der Waals surface area (Å²) in [6, 6.07) is 5.97. The molecule has 0 bridgehead atoms. The van der Waals surface area contributed by atoms with E-state index >= 15 is 0 Å². The molecule has 2 rings (SSSR count). The maximum Gasteiger partial charge on any atom is 0.249 e. The Bertz CT molecular complexity index is 508. The number of carbonyl (C=O) groups is 2. The van der Waals surface area contributed by atoms with E-state index in [1.165, 1.54) is 0 Å². The van der Waals surface area contributed by atoms with Gasteiger partial charge in [-0.2, -0.15) is 0 Å². The van der Waals surface area contributed by atoms with Crippen LogP contribution in [-0.2, 0) is 9.59 Å². The van der Waals surface area contributed by atoms with Crippen molar-refractivity contribution < 1.29 is 9.59 Å². The number of halogens is 2. The van der Waals surface area contributed by atoms with Crippen LogP contribution in [0.4, 0.5) is 5.69 Å². The number of nitrogens with zero attached hydrogens (tertiary/aromatic N) is 1. The number of hydrogen-bond acceptors (Lipinski definition) is 3. The Morgan fingerprint density at radius 3 is 2.85 bits per heavy atom. The molecule has 2 amide bonds. The fourth-order valence-corrected chi connectivity index (χ4v) is 2.20. The van der Waals surface area contributed by atoms with Crippen molar-refractivity contribution in [1.29, 1.82) is 0 Å². The van der Waals surface area contributed by atoms with Crippen LogP contribution >= 0.6 is 24.0 Å². The van der Waals surface area contributed by atoms with Crippen LogP contribution in [0, 0.1) is 0 Å². The Balaban J connectivity index is 0.00000200. The molecule has 2 atom stereocenters. The Morgan fingerprint density at radius 1 is 1.55 bits per heavy atom. The standard InChI is InChI=1S/C13H16ClN3O2.ClH/c1-8(15)12(18)16-11-5-6-17(13(11)19)10-4-2-3-9(14)7-10;/h2-4,7-8,11H,5-6,15H2,1H3,(H,16,18);1H/t8-,11?;/m0./s1. The maximum absolute atomic E-state index is 12.2. The molecule has 1 aliphatic heterocycles. The van der Waals surface area contributed by atoms with Gasteiger partial charge in [-0.3, -0.25) is 9.59 Å². The number of rotatable bonds is 3. The van der Waals surface area contributed by atoms with Crippen molar-refractivity contribution in [2.45, 2.75) is 25.4 Å². The number of nitrogens with two attached hydrogens (primary N) is 1. The van der Waals surface area contributed by atoms with Crippen molar-refractivity contribution >= 4 is 41.5 Å². The topological polar surface area (TPSA) is 75.4 Å². The molecule has 110 valence electrons. The summed E-state index contributed by atoms with van der Waals surface area (Å²) >= 11 is 5.91. The van der Waals surface area contributed by atoms with Gasteiger partial charge in [-0.05, 0) is 31.5 Å². The van der Waals surface area contributed by atoms with E-state index in [2.05, 4.69) is 5.32 Å². The Morgan fingerprint density at radius 2 is 2.25 bits per heavy atom. The Hall–Kier alpha value is -1.30. The van der Waals surface area contributed by atoms with Gasteiger partial charge in [0.25, 0.3) is 0 Å². The lowest BCUT2D eigenvalue weighted by molar-refractivity contribution is -0.127. The Labute approximate surface area is 128 Å². The molecule has 1 unspecified atom stereocenters. The van der Waals surface area contributed by atoms with Gasteiger partial charge in [0, 0.05) is 17.3 Å². The number of hydrogen-bond donors (Lipinski definition) is 2. The molecular formula is C13H17Cl2N3O2. The van der Waals surface area contributed by atoms with E-state index in [1.54, 1.807) is 30.0 Å². The lowest BCUT2D eigenvalue weighted by Gasteiger charge is -2.18. The average Bonchev–Trinajstić information content (AvgIpc) is 2.71. The van der Waals surface area contributed by atoms with Crippen molar-refractivity contribution in [2.24, 2.45) is 5.73 Å². The molecule has 0 saturated carbocycles. The van der Waals surface area contributed by atoms with Crippen LogP contribution in [0.2, 0.25) is 5.02 Å². The van der Waals surface area contributed by atoms with Gasteiger partial charge in [0.1, 0.15) is 6.04 Å². The van der Waals surface area contributed by atoms with Crippen molar-refractivity contribution in [3.05, 3.63) is 29.3 Å². The smallest absolute Gasteiger partial charge is 0.249 e. The number of amides is 2. The van der Waals surface area contributed by atoms with Crippen LogP contribution < -0.4 is 16.0 Å². The second kappa shape index (κ2) is 6.92. The molecule has 1 aliphatic rings. The average molecular weight is 318 g/mol. The summed E-state index contributed by atoms with van der Waals surface area (Å²) in [6.07, 6.45) is 0.573. The molecule has 0 aliphatic carbocycles. The van der Waals surface area contributed by atoms with Gasteiger partial charge in [0.15, 0.2) is 0 Å². The van der Waals surface area contributed by atoms with Gasteiger partial charge < -0.3 is 16.0 Å². The van der Waals surface area contributed by atoms with Gasteiger partial charge in [-0.15, -0.1) is 12.4 Å². The van der Waals surface area contributed by atoms with E-state index in [-0.39, 0.29) is 24.2 Å². The highest BCUT2D eigenvalue weighted by molar-refractivity contribution is 6.31. The summed E-state index contributed by atoms with van der Waals surface area (Å²) in [5.41, 5.74) is 6.22. The molecule has 0 aromatic heterocycles. The van der Waals surface area contributed by atoms with E-state index in [0.717, 1.165) is 5.69 Å². The second-order valence-corrected chi connectivity index (χ2v) is 5.04. The first-order valence-electron chi connectivity index (χ1n) is 6.12. The first kappa shape index (κ1) is 16.8. The molecule has 0 radical (unpaired) electrons. The third-order valence-corrected chi connectivity index (χ3v) is 3.29. The lowest BCUT2D eigenvalue weighted by atomic mass is 10.2. The van der Waals surface area contributed by atoms with Crippen LogP contribution in [0.15, 0.2) is 24.3 Å². The zero-order valence-electron chi connectivity index (χ0n) is 11.0. The summed E-state index contributed by atoms with van der Waals surface area (Å²) in [6.45, 7) is 2.15. The number of benzene rings is 1. The molecule has 5 nitrogen and oxygen atoms in total. The maximum atomic E-state index is 12.2. The highest BCUT2D eigenvalue weighted by atomic mass is 35.5. The van der Waals surface area contributed by atoms with E-state index in [0.29, 0.717) is 18.0 Å². The van der Waals surface area contributed by atoms with Gasteiger partial charge in [-0.25, -0.2) is 0 Å². The first-order valence-corrected chi connectivity index (χ1v) is 6.49. The molecule has 1 aromatic carbocycles. The van der Waals surface area contributed by atoms with Crippen molar-refractivity contribution in [3.8, 4) is 0 Å². The van der Waals surface area contributed by atoms with E-state index in [9.17, 15) is 9.59 Å². The summed E-state index contributed by atoms with van der Waals surface area (Å²) < 4.78 is 0. The summed E-state index contributed by atoms with van der Waals surface area (Å²) in [5.74, 6) is -0.442. The van der Waals surface area contributed by atoms with Crippen LogP contribution in [0.3, 0.4) is 0 Å². The van der Waals surface area contributed by atoms with Crippen molar-refractivity contribution in [1.82, 2.24) is 5.32 Å². The Kier molecular flexibility index (Phi) is 5.80. The third kappa shape index (κ3) is 3.62. The van der Waals surface area contributed by atoms with Crippen LogP contribution in [-0.4, -0.2) is 30.4 Å². The van der Waals surface area contributed by atoms with E-state index in [1.807, 2.05) is 6.07 Å². The van der Waals surface area contributed by atoms with Gasteiger partial charge >= 0.3 is 0 Å². The second-order valence-electron chi connectivity index (χ2n) is 4.61. The van der Waals surface area contributed by atoms with Gasteiger partial charge in [-0.1, -0.05) is 17.7 Å². The van der Waals surface area contributed by atoms with E-state index < -0.39 is 12.1 Å². The third-order valence-electron chi connectivity index (χ3n) is 3.06. The minimum atomic E-state index is -0.618. The van der Waals surface area contributed by atoms with Crippen molar-refractivity contribution in [3.63, 3.8) is 0 Å². The molecule has 1 aromatic rings. The van der Waals surface area contributed by atoms with Crippen LogP contribution in [0.25, 0.3) is 0 Å². The molecule has 3 N–H and O–H groups in total. The summed E-state index contributed by atoms with van der Waals surface area (Å²) in [5, 5.41) is 3.23. The summed E-state index contributed by atoms with van der Waals surface area (Å²) in [4.78, 5) is 25.3. The molecule has 20 heavy (non-hydrogen) atoms. The highest BCUT2D eigenvalue weighted by Crippen LogP contribution is 2.24. The monoisotopic (exact) mass is 317 g/mol. The SMILES string of the molecule is C[C@H](N)C(=O)NC1CCN(c2cccc(Cl)c2)C1=O.Cl. The largest absolute Gasteiger partial charge is 0.343 e. The zero-order chi connectivity index (χ0) is 14.0. The quantitative estimate of drug-likeness (QED) is 0.883. The number of anilines is 1. The van der Waals surface area contributed by atoms with Crippen LogP contribution in [0.5, 0.6) is 0 Å². The molecule has 1 heterocycles. The predicted molar refractivity (Wildman–Crippen MR) is 81.3 cm³/mol. The fourth-order valence-electron chi connectivity index (χ4n) is 2.02. The molecule has 7 heteroatoms. The lowest BCUT2D eigenvalue weighted by Crippen LogP contribution is -2.47. The van der Waals surface area contributed by atoms with Gasteiger partial charge in [0.2, 0.25) is 11.8 Å². The highest BCUT2D eigenvalue weighted by Gasteiger charge is 2.33. The van der Waals surface area contributed by atoms with Gasteiger partial charge in [0.05, 0.1) is 6.04 Å². The minimum absolute atomic E-state index is 0. The van der Waals surface area contributed by atoms with Crippen molar-refractivity contribution in [2.75, 3.05) is 11.4 Å². The number of nitrogens with one attached hydrogen (secondary N) is 1.